The quantitative estimate of drug-likeness (QED) is 0.546. The van der Waals surface area contributed by atoms with Crippen molar-refractivity contribution in [3.8, 4) is 0 Å². The Kier molecular flexibility index (Phi) is 19.9. The highest BCUT2D eigenvalue weighted by molar-refractivity contribution is 7.03. The summed E-state index contributed by atoms with van der Waals surface area (Å²) >= 11 is 1.46. The molecule has 1 rings (SSSR count). The third kappa shape index (κ3) is 11.3. The van der Waals surface area contributed by atoms with E-state index in [1.807, 2.05) is 39.1 Å². The maximum atomic E-state index is 3.76. The van der Waals surface area contributed by atoms with Crippen molar-refractivity contribution in [2.75, 3.05) is 0 Å². The molecule has 0 spiro atoms. The summed E-state index contributed by atoms with van der Waals surface area (Å²) < 4.78 is 3.76. The molecule has 0 N–H and O–H groups in total. The average molecular weight is 145 g/mol. The molecule has 2 heteroatoms. The fourth-order valence-corrected chi connectivity index (χ4v) is 0.527. The molecule has 0 saturated heterocycles. The van der Waals surface area contributed by atoms with Gasteiger partial charge in [0.25, 0.3) is 0 Å². The van der Waals surface area contributed by atoms with Crippen LogP contribution in [0.4, 0.5) is 0 Å². The van der Waals surface area contributed by atoms with Gasteiger partial charge in [0.15, 0.2) is 0 Å². The van der Waals surface area contributed by atoms with E-state index in [9.17, 15) is 0 Å². The minimum absolute atomic E-state index is 1.46. The average Bonchev–Trinajstić information content (AvgIpc) is 2.51. The smallest absolute Gasteiger partial charge is 0.0406 e. The molecular weight excluding hydrogens is 130 g/mol. The van der Waals surface area contributed by atoms with Crippen LogP contribution in [-0.2, 0) is 0 Å². The van der Waals surface area contributed by atoms with Crippen LogP contribution in [0, 0.1) is 0 Å². The predicted octanol–water partition coefficient (Wildman–Crippen LogP) is 3.20. The highest BCUT2D eigenvalue weighted by Gasteiger charge is 1.59. The van der Waals surface area contributed by atoms with Crippen molar-refractivity contribution >= 4 is 11.5 Å². The summed E-state index contributed by atoms with van der Waals surface area (Å²) in [5.74, 6) is 0. The van der Waals surface area contributed by atoms with Crippen molar-refractivity contribution in [1.82, 2.24) is 4.37 Å². The van der Waals surface area contributed by atoms with Gasteiger partial charge in [0.05, 0.1) is 0 Å². The zero-order valence-electron chi connectivity index (χ0n) is 6.59. The van der Waals surface area contributed by atoms with Gasteiger partial charge in [-0.3, -0.25) is 0 Å². The lowest BCUT2D eigenvalue weighted by Crippen LogP contribution is -1.32. The second kappa shape index (κ2) is 15.6. The van der Waals surface area contributed by atoms with Gasteiger partial charge in [-0.1, -0.05) is 27.7 Å². The fraction of sp³-hybridized carbons (Fsp3) is 0.571. The zero-order valence-corrected chi connectivity index (χ0v) is 7.40. The van der Waals surface area contributed by atoms with Crippen LogP contribution in [0.25, 0.3) is 0 Å². The molecule has 0 aliphatic carbocycles. The molecule has 0 saturated carbocycles. The van der Waals surface area contributed by atoms with E-state index in [0.717, 1.165) is 0 Å². The van der Waals surface area contributed by atoms with E-state index >= 15 is 0 Å². The second-order valence-electron chi connectivity index (χ2n) is 0.688. The number of hydrogen-bond acceptors (Lipinski definition) is 2. The SMILES string of the molecule is CC.CC.c1cnsc1. The van der Waals surface area contributed by atoms with Crippen molar-refractivity contribution in [2.24, 2.45) is 0 Å². The molecule has 0 unspecified atom stereocenters. The normalized spacial score (nSPS) is 5.78. The Morgan fingerprint density at radius 1 is 1.11 bits per heavy atom. The van der Waals surface area contributed by atoms with Crippen LogP contribution in [0.2, 0.25) is 0 Å². The minimum Gasteiger partial charge on any atom is -0.201 e. The lowest BCUT2D eigenvalue weighted by atomic mass is 10.8. The third-order valence-corrected chi connectivity index (χ3v) is 0.869. The Morgan fingerprint density at radius 2 is 1.67 bits per heavy atom. The van der Waals surface area contributed by atoms with E-state index in [1.165, 1.54) is 11.5 Å². The van der Waals surface area contributed by atoms with Crippen LogP contribution in [0.1, 0.15) is 27.7 Å². The van der Waals surface area contributed by atoms with Gasteiger partial charge >= 0.3 is 0 Å². The summed E-state index contributed by atoms with van der Waals surface area (Å²) in [6, 6.07) is 1.91. The molecule has 0 aliphatic rings. The van der Waals surface area contributed by atoms with E-state index in [0.29, 0.717) is 0 Å². The molecule has 0 atom stereocenters. The Morgan fingerprint density at radius 3 is 1.78 bits per heavy atom. The number of hydrogen-bond donors (Lipinski definition) is 0. The standard InChI is InChI=1S/C3H3NS.2C2H6/c1-2-4-5-3-1;2*1-2/h1-3H;2*1-2H3. The highest BCUT2D eigenvalue weighted by Crippen LogP contribution is 1.83. The molecule has 1 aromatic heterocycles. The summed E-state index contributed by atoms with van der Waals surface area (Å²) in [6.07, 6.45) is 1.77. The number of rotatable bonds is 0. The predicted molar refractivity (Wildman–Crippen MR) is 44.8 cm³/mol. The Labute approximate surface area is 61.9 Å². The molecule has 0 aliphatic heterocycles. The van der Waals surface area contributed by atoms with Gasteiger partial charge in [-0.2, -0.15) is 0 Å². The van der Waals surface area contributed by atoms with Gasteiger partial charge in [0.1, 0.15) is 0 Å². The first-order valence-electron chi connectivity index (χ1n) is 3.34. The highest BCUT2D eigenvalue weighted by atomic mass is 32.1. The summed E-state index contributed by atoms with van der Waals surface area (Å²) in [5, 5.41) is 1.93. The van der Waals surface area contributed by atoms with Crippen molar-refractivity contribution in [2.45, 2.75) is 27.7 Å². The Balaban J connectivity index is 0. The molecule has 9 heavy (non-hydrogen) atoms. The molecule has 0 bridgehead atoms. The molecule has 1 heterocycles. The first-order chi connectivity index (χ1) is 4.50. The van der Waals surface area contributed by atoms with E-state index in [1.54, 1.807) is 6.20 Å². The van der Waals surface area contributed by atoms with Gasteiger partial charge in [-0.25, -0.2) is 4.37 Å². The molecule has 1 nitrogen and oxygen atoms in total. The maximum Gasteiger partial charge on any atom is 0.0406 e. The topological polar surface area (TPSA) is 12.9 Å². The van der Waals surface area contributed by atoms with Crippen LogP contribution >= 0.6 is 11.5 Å². The van der Waals surface area contributed by atoms with E-state index in [2.05, 4.69) is 4.37 Å². The fourth-order valence-electron chi connectivity index (χ4n) is 0.176. The molecule has 0 radical (unpaired) electrons. The van der Waals surface area contributed by atoms with E-state index in [-0.39, 0.29) is 0 Å². The van der Waals surface area contributed by atoms with Gasteiger partial charge in [0.2, 0.25) is 0 Å². The molecular formula is C7H15NS. The monoisotopic (exact) mass is 145 g/mol. The van der Waals surface area contributed by atoms with Gasteiger partial charge in [-0.05, 0) is 17.6 Å². The lowest BCUT2D eigenvalue weighted by Gasteiger charge is -1.41. The summed E-state index contributed by atoms with van der Waals surface area (Å²) in [6.45, 7) is 8.00. The largest absolute Gasteiger partial charge is 0.201 e. The Hall–Kier alpha value is -0.370. The first-order valence-corrected chi connectivity index (χ1v) is 4.18. The van der Waals surface area contributed by atoms with Crippen molar-refractivity contribution in [3.05, 3.63) is 17.6 Å². The van der Waals surface area contributed by atoms with E-state index < -0.39 is 0 Å². The first kappa shape index (κ1) is 11.4. The number of nitrogens with zero attached hydrogens (tertiary/aromatic N) is 1. The van der Waals surface area contributed by atoms with Gasteiger partial charge in [-0.15, -0.1) is 0 Å². The molecule has 0 amide bonds. The van der Waals surface area contributed by atoms with Crippen LogP contribution in [0.3, 0.4) is 0 Å². The van der Waals surface area contributed by atoms with Gasteiger partial charge in [0, 0.05) is 11.6 Å². The summed E-state index contributed by atoms with van der Waals surface area (Å²) in [5.41, 5.74) is 0. The molecule has 54 valence electrons. The van der Waals surface area contributed by atoms with Crippen LogP contribution < -0.4 is 0 Å². The summed E-state index contributed by atoms with van der Waals surface area (Å²) in [4.78, 5) is 0. The molecule has 1 aromatic rings. The minimum atomic E-state index is 1.46. The van der Waals surface area contributed by atoms with Crippen LogP contribution in [0.5, 0.6) is 0 Å². The number of aromatic nitrogens is 1. The Bertz CT molecular complexity index is 65.4. The third-order valence-electron chi connectivity index (χ3n) is 0.347. The van der Waals surface area contributed by atoms with Crippen molar-refractivity contribution < 1.29 is 0 Å². The van der Waals surface area contributed by atoms with Crippen molar-refractivity contribution in [3.63, 3.8) is 0 Å². The maximum absolute atomic E-state index is 3.76. The van der Waals surface area contributed by atoms with Gasteiger partial charge < -0.3 is 0 Å². The van der Waals surface area contributed by atoms with Crippen LogP contribution in [-0.4, -0.2) is 4.37 Å². The second-order valence-corrected chi connectivity index (χ2v) is 1.38. The zero-order chi connectivity index (χ0) is 7.54. The summed E-state index contributed by atoms with van der Waals surface area (Å²) in [7, 11) is 0. The van der Waals surface area contributed by atoms with E-state index in [4.69, 9.17) is 0 Å². The lowest BCUT2D eigenvalue weighted by molar-refractivity contribution is 1.50. The molecule has 0 fully saturated rings. The van der Waals surface area contributed by atoms with Crippen LogP contribution in [0.15, 0.2) is 17.6 Å². The van der Waals surface area contributed by atoms with Crippen molar-refractivity contribution in [1.29, 1.82) is 0 Å². The molecule has 0 aromatic carbocycles.